The number of hydrogen-bond acceptors (Lipinski definition) is 3. The lowest BCUT2D eigenvalue weighted by molar-refractivity contribution is 0.00797. The van der Waals surface area contributed by atoms with Gasteiger partial charge in [-0.05, 0) is 56.6 Å². The molecule has 0 radical (unpaired) electrons. The third-order valence-corrected chi connectivity index (χ3v) is 5.00. The molecule has 0 saturated carbocycles. The summed E-state index contributed by atoms with van der Waals surface area (Å²) in [5.74, 6) is 0. The maximum atomic E-state index is 12.2. The molecule has 0 aromatic heterocycles. The molecule has 1 aliphatic carbocycles. The highest BCUT2D eigenvalue weighted by Gasteiger charge is 2.46. The number of nitrogens with zero attached hydrogens (tertiary/aromatic N) is 1. The van der Waals surface area contributed by atoms with E-state index in [4.69, 9.17) is 10.5 Å². The summed E-state index contributed by atoms with van der Waals surface area (Å²) >= 11 is 0. The quantitative estimate of drug-likeness (QED) is 0.800. The fourth-order valence-corrected chi connectivity index (χ4v) is 3.77. The molecule has 22 heavy (non-hydrogen) atoms. The van der Waals surface area contributed by atoms with Gasteiger partial charge in [-0.2, -0.15) is 0 Å². The van der Waals surface area contributed by atoms with Crippen molar-refractivity contribution in [2.45, 2.75) is 51.7 Å². The number of amides is 1. The van der Waals surface area contributed by atoms with Crippen LogP contribution in [0.15, 0.2) is 24.3 Å². The van der Waals surface area contributed by atoms with Crippen LogP contribution in [-0.2, 0) is 11.2 Å². The average Bonchev–Trinajstić information content (AvgIpc) is 2.71. The molecule has 1 aromatic rings. The van der Waals surface area contributed by atoms with Crippen molar-refractivity contribution in [1.82, 2.24) is 4.90 Å². The van der Waals surface area contributed by atoms with Crippen LogP contribution >= 0.6 is 0 Å². The highest BCUT2D eigenvalue weighted by molar-refractivity contribution is 5.68. The van der Waals surface area contributed by atoms with Crippen molar-refractivity contribution in [2.24, 2.45) is 11.1 Å². The summed E-state index contributed by atoms with van der Waals surface area (Å²) in [5.41, 5.74) is 8.88. The average molecular weight is 302 g/mol. The fraction of sp³-hybridized carbons (Fsp3) is 0.611. The predicted octanol–water partition coefficient (Wildman–Crippen LogP) is 3.26. The van der Waals surface area contributed by atoms with Crippen LogP contribution in [0.2, 0.25) is 0 Å². The first kappa shape index (κ1) is 15.3. The van der Waals surface area contributed by atoms with Crippen LogP contribution in [-0.4, -0.2) is 29.7 Å². The number of piperidine rings is 1. The number of likely N-dealkylation sites (tertiary alicyclic amines) is 1. The van der Waals surface area contributed by atoms with E-state index in [-0.39, 0.29) is 17.6 Å². The molecule has 3 rings (SSSR count). The Kier molecular flexibility index (Phi) is 3.68. The smallest absolute Gasteiger partial charge is 0.410 e. The zero-order valence-electron chi connectivity index (χ0n) is 13.8. The van der Waals surface area contributed by atoms with Gasteiger partial charge in [-0.25, -0.2) is 4.79 Å². The van der Waals surface area contributed by atoms with Gasteiger partial charge < -0.3 is 15.4 Å². The molecule has 1 heterocycles. The summed E-state index contributed by atoms with van der Waals surface area (Å²) in [7, 11) is 0. The summed E-state index contributed by atoms with van der Waals surface area (Å²) in [6.45, 7) is 7.17. The van der Waals surface area contributed by atoms with Crippen LogP contribution in [0, 0.1) is 5.41 Å². The topological polar surface area (TPSA) is 55.6 Å². The lowest BCUT2D eigenvalue weighted by Crippen LogP contribution is -2.47. The van der Waals surface area contributed by atoms with E-state index in [1.165, 1.54) is 11.1 Å². The first-order valence-corrected chi connectivity index (χ1v) is 8.12. The second kappa shape index (κ2) is 5.27. The zero-order valence-corrected chi connectivity index (χ0v) is 13.8. The van der Waals surface area contributed by atoms with Crippen molar-refractivity contribution in [3.05, 3.63) is 35.4 Å². The molecule has 4 heteroatoms. The van der Waals surface area contributed by atoms with Gasteiger partial charge in [-0.15, -0.1) is 0 Å². The molecule has 1 aromatic carbocycles. The van der Waals surface area contributed by atoms with Crippen LogP contribution in [0.3, 0.4) is 0 Å². The van der Waals surface area contributed by atoms with Crippen LogP contribution in [0.5, 0.6) is 0 Å². The molecule has 1 saturated heterocycles. The molecule has 2 N–H and O–H groups in total. The Bertz CT molecular complexity index is 569. The largest absolute Gasteiger partial charge is 0.444 e. The first-order chi connectivity index (χ1) is 10.3. The van der Waals surface area contributed by atoms with E-state index in [2.05, 4.69) is 24.3 Å². The van der Waals surface area contributed by atoms with Crippen molar-refractivity contribution >= 4 is 6.09 Å². The minimum absolute atomic E-state index is 0.0875. The van der Waals surface area contributed by atoms with Gasteiger partial charge in [0.25, 0.3) is 0 Å². The van der Waals surface area contributed by atoms with Gasteiger partial charge >= 0.3 is 6.09 Å². The van der Waals surface area contributed by atoms with Crippen molar-refractivity contribution in [3.8, 4) is 0 Å². The minimum atomic E-state index is -0.438. The third kappa shape index (κ3) is 2.72. The minimum Gasteiger partial charge on any atom is -0.444 e. The van der Waals surface area contributed by atoms with E-state index in [1.807, 2.05) is 25.7 Å². The number of fused-ring (bicyclic) bond motifs is 1. The van der Waals surface area contributed by atoms with Crippen LogP contribution in [0.4, 0.5) is 4.79 Å². The van der Waals surface area contributed by atoms with Gasteiger partial charge in [-0.1, -0.05) is 24.3 Å². The van der Waals surface area contributed by atoms with Gasteiger partial charge in [-0.3, -0.25) is 0 Å². The number of carbonyl (C=O) groups is 1. The molecule has 1 aliphatic heterocycles. The SMILES string of the molecule is CC(C)(C)OC(=O)N1CCC2(CC1)Cc1ccccc1[C@@H]2N. The van der Waals surface area contributed by atoms with Crippen molar-refractivity contribution < 1.29 is 9.53 Å². The molecule has 2 aliphatic rings. The molecule has 0 bridgehead atoms. The standard InChI is InChI=1S/C18H26N2O2/c1-17(2,3)22-16(21)20-10-8-18(9-11-20)12-13-6-4-5-7-14(13)15(18)19/h4-7,15H,8-12,19H2,1-3H3/t15-/m0/s1. The van der Waals surface area contributed by atoms with E-state index < -0.39 is 5.60 Å². The van der Waals surface area contributed by atoms with Gasteiger partial charge in [0.2, 0.25) is 0 Å². The third-order valence-electron chi connectivity index (χ3n) is 5.00. The van der Waals surface area contributed by atoms with E-state index in [0.29, 0.717) is 0 Å². The van der Waals surface area contributed by atoms with Crippen molar-refractivity contribution in [3.63, 3.8) is 0 Å². The highest BCUT2D eigenvalue weighted by atomic mass is 16.6. The van der Waals surface area contributed by atoms with E-state index in [0.717, 1.165) is 32.4 Å². The van der Waals surface area contributed by atoms with Crippen molar-refractivity contribution in [2.75, 3.05) is 13.1 Å². The maximum Gasteiger partial charge on any atom is 0.410 e. The Balaban J connectivity index is 1.67. The zero-order chi connectivity index (χ0) is 16.0. The summed E-state index contributed by atoms with van der Waals surface area (Å²) in [4.78, 5) is 14.0. The molecular weight excluding hydrogens is 276 g/mol. The van der Waals surface area contributed by atoms with Crippen LogP contribution < -0.4 is 5.73 Å². The van der Waals surface area contributed by atoms with Gasteiger partial charge in [0.05, 0.1) is 0 Å². The summed E-state index contributed by atoms with van der Waals surface area (Å²) in [6, 6.07) is 8.57. The number of ether oxygens (including phenoxy) is 1. The molecule has 1 spiro atoms. The number of carbonyl (C=O) groups excluding carboxylic acids is 1. The molecule has 4 nitrogen and oxygen atoms in total. The molecular formula is C18H26N2O2. The molecule has 1 amide bonds. The Morgan fingerprint density at radius 3 is 2.50 bits per heavy atom. The van der Waals surface area contributed by atoms with Gasteiger partial charge in [0.15, 0.2) is 0 Å². The van der Waals surface area contributed by atoms with Gasteiger partial charge in [0, 0.05) is 19.1 Å². The summed E-state index contributed by atoms with van der Waals surface area (Å²) < 4.78 is 5.47. The normalized spacial score (nSPS) is 23.5. The maximum absolute atomic E-state index is 12.2. The Hall–Kier alpha value is -1.55. The summed E-state index contributed by atoms with van der Waals surface area (Å²) in [5, 5.41) is 0. The van der Waals surface area contributed by atoms with Gasteiger partial charge in [0.1, 0.15) is 5.60 Å². The number of nitrogens with two attached hydrogens (primary N) is 1. The summed E-state index contributed by atoms with van der Waals surface area (Å²) in [6.07, 6.45) is 2.72. The van der Waals surface area contributed by atoms with E-state index in [9.17, 15) is 4.79 Å². The van der Waals surface area contributed by atoms with E-state index in [1.54, 1.807) is 0 Å². The number of benzene rings is 1. The lowest BCUT2D eigenvalue weighted by atomic mass is 9.73. The monoisotopic (exact) mass is 302 g/mol. The number of rotatable bonds is 0. The first-order valence-electron chi connectivity index (χ1n) is 8.12. The molecule has 0 unspecified atom stereocenters. The van der Waals surface area contributed by atoms with Crippen LogP contribution in [0.25, 0.3) is 0 Å². The Morgan fingerprint density at radius 1 is 1.27 bits per heavy atom. The molecule has 1 fully saturated rings. The molecule has 120 valence electrons. The van der Waals surface area contributed by atoms with Crippen molar-refractivity contribution in [1.29, 1.82) is 0 Å². The fourth-order valence-electron chi connectivity index (χ4n) is 3.77. The Morgan fingerprint density at radius 2 is 1.91 bits per heavy atom. The predicted molar refractivity (Wildman–Crippen MR) is 86.5 cm³/mol. The van der Waals surface area contributed by atoms with Crippen LogP contribution in [0.1, 0.15) is 50.8 Å². The Labute approximate surface area is 132 Å². The molecule has 1 atom stereocenters. The lowest BCUT2D eigenvalue weighted by Gasteiger charge is -2.42. The van der Waals surface area contributed by atoms with E-state index >= 15 is 0 Å². The highest BCUT2D eigenvalue weighted by Crippen LogP contribution is 2.50. The second-order valence-electron chi connectivity index (χ2n) is 7.68. The second-order valence-corrected chi connectivity index (χ2v) is 7.68. The number of hydrogen-bond donors (Lipinski definition) is 1.